The fourth-order valence-corrected chi connectivity index (χ4v) is 1.92. The molecule has 0 spiro atoms. The molecule has 21 heavy (non-hydrogen) atoms. The summed E-state index contributed by atoms with van der Waals surface area (Å²) >= 11 is 5.84. The van der Waals surface area contributed by atoms with E-state index in [1.807, 2.05) is 0 Å². The molecule has 1 heterocycles. The second-order valence-electron chi connectivity index (χ2n) is 4.44. The summed E-state index contributed by atoms with van der Waals surface area (Å²) < 4.78 is 5.45. The number of carbonyl (C=O) groups is 1. The molecule has 1 aromatic carbocycles. The van der Waals surface area contributed by atoms with E-state index in [-0.39, 0.29) is 5.91 Å². The maximum Gasteiger partial charge on any atom is 0.223 e. The molecule has 0 bridgehead atoms. The van der Waals surface area contributed by atoms with Crippen LogP contribution in [0.4, 0.5) is 0 Å². The van der Waals surface area contributed by atoms with Crippen molar-refractivity contribution >= 4 is 17.5 Å². The van der Waals surface area contributed by atoms with Crippen LogP contribution in [0.25, 0.3) is 0 Å². The predicted molar refractivity (Wildman–Crippen MR) is 79.3 cm³/mol. The molecule has 0 saturated heterocycles. The Morgan fingerprint density at radius 1 is 1.43 bits per heavy atom. The molecule has 2 aromatic rings. The van der Waals surface area contributed by atoms with Crippen molar-refractivity contribution < 1.29 is 9.53 Å². The van der Waals surface area contributed by atoms with Gasteiger partial charge in [-0.25, -0.2) is 4.98 Å². The van der Waals surface area contributed by atoms with E-state index in [1.165, 1.54) is 6.33 Å². The summed E-state index contributed by atoms with van der Waals surface area (Å²) in [7, 11) is 0. The number of aryl methyl sites for hydroxylation is 1. The molecule has 1 amide bonds. The summed E-state index contributed by atoms with van der Waals surface area (Å²) in [5, 5.41) is 9.99. The molecule has 2 rings (SSSR count). The molecule has 0 saturated carbocycles. The minimum absolute atomic E-state index is 0.0328. The number of hydrogen-bond donors (Lipinski definition) is 2. The monoisotopic (exact) mass is 308 g/mol. The Morgan fingerprint density at radius 3 is 3.10 bits per heavy atom. The van der Waals surface area contributed by atoms with Gasteiger partial charge in [-0.2, -0.15) is 5.10 Å². The van der Waals surface area contributed by atoms with Crippen molar-refractivity contribution in [3.05, 3.63) is 41.4 Å². The Bertz CT molecular complexity index is 560. The standard InChI is InChI=1S/C14H17ClN4O2/c15-11-3-1-4-12(9-11)21-8-6-14(20)16-7-2-5-13-17-10-18-19-13/h1,3-4,9-10H,2,5-8H2,(H,16,20)(H,17,18,19). The molecule has 0 unspecified atom stereocenters. The van der Waals surface area contributed by atoms with Gasteiger partial charge in [0.25, 0.3) is 0 Å². The SMILES string of the molecule is O=C(CCOc1cccc(Cl)c1)NCCCc1ncn[nH]1. The largest absolute Gasteiger partial charge is 0.493 e. The first kappa shape index (κ1) is 15.3. The normalized spacial score (nSPS) is 10.3. The van der Waals surface area contributed by atoms with Crippen molar-refractivity contribution in [2.45, 2.75) is 19.3 Å². The Labute approximate surface area is 127 Å². The highest BCUT2D eigenvalue weighted by atomic mass is 35.5. The maximum atomic E-state index is 11.6. The summed E-state index contributed by atoms with van der Waals surface area (Å²) in [4.78, 5) is 15.6. The van der Waals surface area contributed by atoms with Gasteiger partial charge in [-0.1, -0.05) is 17.7 Å². The van der Waals surface area contributed by atoms with Crippen molar-refractivity contribution in [1.29, 1.82) is 0 Å². The Morgan fingerprint density at radius 2 is 2.33 bits per heavy atom. The van der Waals surface area contributed by atoms with Crippen LogP contribution in [0.3, 0.4) is 0 Å². The lowest BCUT2D eigenvalue weighted by molar-refractivity contribution is -0.121. The van der Waals surface area contributed by atoms with Gasteiger partial charge < -0.3 is 10.1 Å². The van der Waals surface area contributed by atoms with Crippen molar-refractivity contribution in [1.82, 2.24) is 20.5 Å². The van der Waals surface area contributed by atoms with Crippen LogP contribution in [0.1, 0.15) is 18.7 Å². The van der Waals surface area contributed by atoms with E-state index >= 15 is 0 Å². The third-order valence-electron chi connectivity index (χ3n) is 2.77. The van der Waals surface area contributed by atoms with Crippen LogP contribution in [0.2, 0.25) is 5.02 Å². The van der Waals surface area contributed by atoms with Crippen LogP contribution in [-0.2, 0) is 11.2 Å². The first-order chi connectivity index (χ1) is 10.2. The van der Waals surface area contributed by atoms with Crippen molar-refractivity contribution in [2.24, 2.45) is 0 Å². The highest BCUT2D eigenvalue weighted by Crippen LogP contribution is 2.17. The highest BCUT2D eigenvalue weighted by molar-refractivity contribution is 6.30. The average Bonchev–Trinajstić information content (AvgIpc) is 2.97. The lowest BCUT2D eigenvalue weighted by Crippen LogP contribution is -2.26. The first-order valence-electron chi connectivity index (χ1n) is 6.73. The van der Waals surface area contributed by atoms with E-state index in [0.717, 1.165) is 18.7 Å². The van der Waals surface area contributed by atoms with Crippen LogP contribution < -0.4 is 10.1 Å². The fourth-order valence-electron chi connectivity index (χ4n) is 1.74. The number of benzene rings is 1. The highest BCUT2D eigenvalue weighted by Gasteiger charge is 2.02. The Balaban J connectivity index is 1.55. The van der Waals surface area contributed by atoms with E-state index in [1.54, 1.807) is 24.3 Å². The number of nitrogens with zero attached hydrogens (tertiary/aromatic N) is 2. The third kappa shape index (κ3) is 5.83. The van der Waals surface area contributed by atoms with Crippen LogP contribution in [0, 0.1) is 0 Å². The predicted octanol–water partition coefficient (Wildman–Crippen LogP) is 1.98. The van der Waals surface area contributed by atoms with E-state index in [9.17, 15) is 4.79 Å². The second kappa shape index (κ2) is 8.26. The van der Waals surface area contributed by atoms with Crippen molar-refractivity contribution in [3.63, 3.8) is 0 Å². The second-order valence-corrected chi connectivity index (χ2v) is 4.88. The van der Waals surface area contributed by atoms with E-state index in [2.05, 4.69) is 20.5 Å². The fraction of sp³-hybridized carbons (Fsp3) is 0.357. The smallest absolute Gasteiger partial charge is 0.223 e. The molecule has 0 aliphatic heterocycles. The lowest BCUT2D eigenvalue weighted by atomic mass is 10.3. The number of halogens is 1. The molecular formula is C14H17ClN4O2. The van der Waals surface area contributed by atoms with Gasteiger partial charge >= 0.3 is 0 Å². The molecule has 6 nitrogen and oxygen atoms in total. The number of carbonyl (C=O) groups excluding carboxylic acids is 1. The average molecular weight is 309 g/mol. The number of aromatic amines is 1. The summed E-state index contributed by atoms with van der Waals surface area (Å²) in [5.41, 5.74) is 0. The molecule has 0 aliphatic rings. The number of rotatable bonds is 8. The summed E-state index contributed by atoms with van der Waals surface area (Å²) in [6, 6.07) is 7.11. The number of hydrogen-bond acceptors (Lipinski definition) is 4. The molecule has 0 fully saturated rings. The zero-order valence-electron chi connectivity index (χ0n) is 11.5. The molecule has 0 radical (unpaired) electrons. The Hall–Kier alpha value is -2.08. The molecule has 7 heteroatoms. The van der Waals surface area contributed by atoms with Crippen LogP contribution in [-0.4, -0.2) is 34.2 Å². The van der Waals surface area contributed by atoms with E-state index < -0.39 is 0 Å². The number of ether oxygens (including phenoxy) is 1. The van der Waals surface area contributed by atoms with E-state index in [4.69, 9.17) is 16.3 Å². The van der Waals surface area contributed by atoms with Crippen LogP contribution >= 0.6 is 11.6 Å². The van der Waals surface area contributed by atoms with Gasteiger partial charge in [0.2, 0.25) is 5.91 Å². The maximum absolute atomic E-state index is 11.6. The van der Waals surface area contributed by atoms with Crippen molar-refractivity contribution in [3.8, 4) is 5.75 Å². The van der Waals surface area contributed by atoms with Gasteiger partial charge in [-0.3, -0.25) is 9.89 Å². The molecular weight excluding hydrogens is 292 g/mol. The minimum atomic E-state index is -0.0328. The summed E-state index contributed by atoms with van der Waals surface area (Å²) in [6.45, 7) is 0.935. The number of aromatic nitrogens is 3. The third-order valence-corrected chi connectivity index (χ3v) is 3.01. The minimum Gasteiger partial charge on any atom is -0.493 e. The van der Waals surface area contributed by atoms with Crippen LogP contribution in [0.5, 0.6) is 5.75 Å². The molecule has 112 valence electrons. The number of amides is 1. The Kier molecular flexibility index (Phi) is 6.02. The zero-order valence-corrected chi connectivity index (χ0v) is 12.3. The van der Waals surface area contributed by atoms with Gasteiger partial charge in [-0.15, -0.1) is 0 Å². The summed E-state index contributed by atoms with van der Waals surface area (Å²) in [6.07, 6.45) is 3.37. The van der Waals surface area contributed by atoms with Crippen LogP contribution in [0.15, 0.2) is 30.6 Å². The zero-order chi connectivity index (χ0) is 14.9. The molecule has 2 N–H and O–H groups in total. The van der Waals surface area contributed by atoms with Gasteiger partial charge in [-0.05, 0) is 24.6 Å². The quantitative estimate of drug-likeness (QED) is 0.731. The summed E-state index contributed by atoms with van der Waals surface area (Å²) in [5.74, 6) is 1.46. The number of nitrogens with one attached hydrogen (secondary N) is 2. The van der Waals surface area contributed by atoms with Gasteiger partial charge in [0.05, 0.1) is 13.0 Å². The molecule has 0 aliphatic carbocycles. The van der Waals surface area contributed by atoms with Gasteiger partial charge in [0.15, 0.2) is 0 Å². The lowest BCUT2D eigenvalue weighted by Gasteiger charge is -2.07. The topological polar surface area (TPSA) is 79.9 Å². The van der Waals surface area contributed by atoms with Gasteiger partial charge in [0.1, 0.15) is 17.9 Å². The molecule has 1 aromatic heterocycles. The van der Waals surface area contributed by atoms with E-state index in [0.29, 0.717) is 30.3 Å². The number of H-pyrrole nitrogens is 1. The molecule has 0 atom stereocenters. The van der Waals surface area contributed by atoms with Crippen molar-refractivity contribution in [2.75, 3.05) is 13.2 Å². The van der Waals surface area contributed by atoms with Gasteiger partial charge in [0, 0.05) is 18.0 Å². The first-order valence-corrected chi connectivity index (χ1v) is 7.11.